The molecule has 3 heteroatoms. The van der Waals surface area contributed by atoms with E-state index in [-0.39, 0.29) is 0 Å². The molecule has 132 valence electrons. The van der Waals surface area contributed by atoms with Crippen LogP contribution in [-0.4, -0.2) is 12.0 Å². The number of H-pyrrole nitrogens is 1. The fourth-order valence-corrected chi connectivity index (χ4v) is 2.78. The Labute approximate surface area is 159 Å². The van der Waals surface area contributed by atoms with Crippen molar-refractivity contribution in [3.63, 3.8) is 0 Å². The van der Waals surface area contributed by atoms with Crippen molar-refractivity contribution in [3.8, 4) is 0 Å². The Kier molecular flexibility index (Phi) is 8.96. The molecule has 0 aliphatic rings. The summed E-state index contributed by atoms with van der Waals surface area (Å²) in [6, 6.07) is 14.7. The average Bonchev–Trinajstić information content (AvgIpc) is 3.01. The number of rotatable bonds is 3. The smallest absolute Gasteiger partial charge is 0.0476 e. The van der Waals surface area contributed by atoms with E-state index in [9.17, 15) is 0 Å². The van der Waals surface area contributed by atoms with E-state index in [1.54, 1.807) is 0 Å². The zero-order valence-corrected chi connectivity index (χ0v) is 17.0. The number of halogens is 1. The second-order valence-electron chi connectivity index (χ2n) is 5.09. The summed E-state index contributed by atoms with van der Waals surface area (Å²) >= 11 is 3.51. The van der Waals surface area contributed by atoms with Crippen LogP contribution in [0.3, 0.4) is 0 Å². The van der Waals surface area contributed by atoms with Gasteiger partial charge < -0.3 is 10.7 Å². The minimum absolute atomic E-state index is 1.07. The highest BCUT2D eigenvalue weighted by atomic mass is 79.9. The molecule has 0 saturated heterocycles. The normalized spacial score (nSPS) is 10.0. The van der Waals surface area contributed by atoms with Gasteiger partial charge in [-0.15, -0.1) is 0 Å². The number of aromatic amines is 1. The molecule has 2 aromatic carbocycles. The van der Waals surface area contributed by atoms with Crippen LogP contribution in [0.25, 0.3) is 29.1 Å². The molecule has 2 nitrogen and oxygen atoms in total. The van der Waals surface area contributed by atoms with Crippen molar-refractivity contribution in [2.75, 3.05) is 7.05 Å². The largest absolute Gasteiger partial charge is 0.354 e. The van der Waals surface area contributed by atoms with E-state index in [4.69, 9.17) is 0 Å². The molecule has 0 aliphatic carbocycles. The number of nitrogens with one attached hydrogen (secondary N) is 1. The Hall–Kier alpha value is -2.10. The summed E-state index contributed by atoms with van der Waals surface area (Å²) in [5.41, 5.74) is 10.3. The molecule has 3 rings (SSSR count). The number of aryl methyl sites for hydroxylation is 1. The Bertz CT molecular complexity index is 827. The minimum Gasteiger partial charge on any atom is -0.354 e. The number of benzene rings is 2. The zero-order valence-electron chi connectivity index (χ0n) is 15.4. The van der Waals surface area contributed by atoms with E-state index in [0.29, 0.717) is 0 Å². The third-order valence-corrected chi connectivity index (χ3v) is 4.05. The van der Waals surface area contributed by atoms with Gasteiger partial charge in [-0.1, -0.05) is 84.4 Å². The Morgan fingerprint density at radius 1 is 1.00 bits per heavy atom. The van der Waals surface area contributed by atoms with Crippen LogP contribution >= 0.6 is 15.9 Å². The zero-order chi connectivity index (χ0) is 18.8. The van der Waals surface area contributed by atoms with E-state index < -0.39 is 0 Å². The number of aromatic nitrogens is 1. The van der Waals surface area contributed by atoms with Gasteiger partial charge >= 0.3 is 0 Å². The lowest BCUT2D eigenvalue weighted by molar-refractivity contribution is 1.42. The number of nitrogens with two attached hydrogens (primary N) is 1. The summed E-state index contributed by atoms with van der Waals surface area (Å²) < 4.78 is 1.07. The third-order valence-electron chi connectivity index (χ3n) is 3.56. The SMILES string of the molecule is C=Cc1c(/C=C/c2ccc(C)cc2)[nH]c2cc(Br)ccc12.CC.CN. The molecule has 0 saturated carbocycles. The van der Waals surface area contributed by atoms with Gasteiger partial charge in [0.05, 0.1) is 0 Å². The van der Waals surface area contributed by atoms with Crippen LogP contribution in [-0.2, 0) is 0 Å². The number of hydrogen-bond donors (Lipinski definition) is 2. The first-order chi connectivity index (χ1) is 12.2. The highest BCUT2D eigenvalue weighted by Gasteiger charge is 2.06. The van der Waals surface area contributed by atoms with E-state index in [2.05, 4.69) is 94.8 Å². The molecular weight excluding hydrogens is 372 g/mol. The molecule has 0 spiro atoms. The second-order valence-corrected chi connectivity index (χ2v) is 6.01. The predicted octanol–water partition coefficient (Wildman–Crippen LogP) is 6.65. The number of hydrogen-bond acceptors (Lipinski definition) is 1. The summed E-state index contributed by atoms with van der Waals surface area (Å²) in [5, 5.41) is 1.19. The molecule has 0 bridgehead atoms. The summed E-state index contributed by atoms with van der Waals surface area (Å²) in [6.07, 6.45) is 6.13. The molecule has 1 heterocycles. The quantitative estimate of drug-likeness (QED) is 0.508. The van der Waals surface area contributed by atoms with Gasteiger partial charge in [-0.3, -0.25) is 0 Å². The Balaban J connectivity index is 0.000000730. The fourth-order valence-electron chi connectivity index (χ4n) is 2.42. The van der Waals surface area contributed by atoms with Crippen LogP contribution in [0.2, 0.25) is 0 Å². The van der Waals surface area contributed by atoms with Crippen LogP contribution in [0.15, 0.2) is 53.5 Å². The summed E-state index contributed by atoms with van der Waals surface area (Å²) in [4.78, 5) is 3.45. The van der Waals surface area contributed by atoms with Crippen molar-refractivity contribution in [3.05, 3.63) is 75.9 Å². The van der Waals surface area contributed by atoms with E-state index in [0.717, 1.165) is 21.2 Å². The minimum atomic E-state index is 1.07. The number of fused-ring (bicyclic) bond motifs is 1. The molecule has 3 aromatic rings. The van der Waals surface area contributed by atoms with E-state index in [1.165, 1.54) is 23.6 Å². The molecule has 0 amide bonds. The molecule has 1 aromatic heterocycles. The molecular formula is C22H27BrN2. The summed E-state index contributed by atoms with van der Waals surface area (Å²) in [7, 11) is 1.50. The first-order valence-electron chi connectivity index (χ1n) is 8.43. The highest BCUT2D eigenvalue weighted by Crippen LogP contribution is 2.27. The third kappa shape index (κ3) is 5.45. The fraction of sp³-hybridized carbons (Fsp3) is 0.182. The van der Waals surface area contributed by atoms with Gasteiger partial charge in [0.25, 0.3) is 0 Å². The van der Waals surface area contributed by atoms with Crippen LogP contribution in [0.1, 0.15) is 36.2 Å². The standard InChI is InChI=1S/C19H16BrN.C2H6.CH5N/c1-3-16-17-10-9-15(20)12-19(17)21-18(16)11-8-14-6-4-13(2)5-7-14;2*1-2/h3-12,21H,1H2,2H3;1-2H3;2H2,1H3/b11-8+;;. The topological polar surface area (TPSA) is 41.8 Å². The highest BCUT2D eigenvalue weighted by molar-refractivity contribution is 9.10. The maximum atomic E-state index is 4.50. The van der Waals surface area contributed by atoms with Crippen LogP contribution in [0.5, 0.6) is 0 Å². The molecule has 25 heavy (non-hydrogen) atoms. The lowest BCUT2D eigenvalue weighted by Gasteiger charge is -1.96. The van der Waals surface area contributed by atoms with E-state index >= 15 is 0 Å². The monoisotopic (exact) mass is 398 g/mol. The van der Waals surface area contributed by atoms with Gasteiger partial charge in [0.1, 0.15) is 0 Å². The van der Waals surface area contributed by atoms with Crippen molar-refractivity contribution in [2.45, 2.75) is 20.8 Å². The van der Waals surface area contributed by atoms with Gasteiger partial charge in [0, 0.05) is 26.6 Å². The summed E-state index contributed by atoms with van der Waals surface area (Å²) in [6.45, 7) is 10.0. The average molecular weight is 399 g/mol. The lowest BCUT2D eigenvalue weighted by atomic mass is 10.1. The predicted molar refractivity (Wildman–Crippen MR) is 118 cm³/mol. The first-order valence-corrected chi connectivity index (χ1v) is 9.23. The molecule has 0 atom stereocenters. The van der Waals surface area contributed by atoms with Crippen molar-refractivity contribution in [1.29, 1.82) is 0 Å². The van der Waals surface area contributed by atoms with Crippen LogP contribution in [0.4, 0.5) is 0 Å². The van der Waals surface area contributed by atoms with Crippen molar-refractivity contribution >= 4 is 45.1 Å². The van der Waals surface area contributed by atoms with Crippen molar-refractivity contribution in [1.82, 2.24) is 4.98 Å². The molecule has 0 fully saturated rings. The lowest BCUT2D eigenvalue weighted by Crippen LogP contribution is -1.77. The van der Waals surface area contributed by atoms with Gasteiger partial charge in [-0.05, 0) is 37.7 Å². The molecule has 0 unspecified atom stereocenters. The maximum Gasteiger partial charge on any atom is 0.0476 e. The maximum absolute atomic E-state index is 4.50. The van der Waals surface area contributed by atoms with Crippen molar-refractivity contribution < 1.29 is 0 Å². The van der Waals surface area contributed by atoms with Crippen LogP contribution in [0, 0.1) is 6.92 Å². The molecule has 0 aliphatic heterocycles. The van der Waals surface area contributed by atoms with Crippen LogP contribution < -0.4 is 5.73 Å². The van der Waals surface area contributed by atoms with Gasteiger partial charge in [-0.2, -0.15) is 0 Å². The second kappa shape index (κ2) is 10.7. The first kappa shape index (κ1) is 20.9. The van der Waals surface area contributed by atoms with Gasteiger partial charge in [0.15, 0.2) is 0 Å². The van der Waals surface area contributed by atoms with Gasteiger partial charge in [0.2, 0.25) is 0 Å². The Morgan fingerprint density at radius 2 is 1.64 bits per heavy atom. The summed E-state index contributed by atoms with van der Waals surface area (Å²) in [5.74, 6) is 0. The Morgan fingerprint density at radius 3 is 2.24 bits per heavy atom. The molecule has 0 radical (unpaired) electrons. The molecule has 3 N–H and O–H groups in total. The van der Waals surface area contributed by atoms with Crippen molar-refractivity contribution in [2.24, 2.45) is 5.73 Å². The van der Waals surface area contributed by atoms with E-state index in [1.807, 2.05) is 19.9 Å². The van der Waals surface area contributed by atoms with Gasteiger partial charge in [-0.25, -0.2) is 0 Å².